The van der Waals surface area contributed by atoms with Gasteiger partial charge < -0.3 is 15.7 Å². The summed E-state index contributed by atoms with van der Waals surface area (Å²) in [5.41, 5.74) is 7.34. The molecule has 0 aromatic heterocycles. The summed E-state index contributed by atoms with van der Waals surface area (Å²) in [4.78, 5) is 2.01. The topological polar surface area (TPSA) is 49.5 Å². The Morgan fingerprint density at radius 3 is 2.83 bits per heavy atom. The van der Waals surface area contributed by atoms with Crippen LogP contribution in [-0.4, -0.2) is 24.3 Å². The Kier molecular flexibility index (Phi) is 3.88. The van der Waals surface area contributed by atoms with Crippen molar-refractivity contribution in [3.05, 3.63) is 29.6 Å². The van der Waals surface area contributed by atoms with Gasteiger partial charge in [-0.2, -0.15) is 0 Å². The first kappa shape index (κ1) is 13.3. The molecule has 3 unspecified atom stereocenters. The van der Waals surface area contributed by atoms with E-state index in [4.69, 9.17) is 5.73 Å². The van der Waals surface area contributed by atoms with Gasteiger partial charge in [0.25, 0.3) is 0 Å². The summed E-state index contributed by atoms with van der Waals surface area (Å²) >= 11 is 0. The second-order valence-corrected chi connectivity index (χ2v) is 5.25. The zero-order chi connectivity index (χ0) is 13.3. The fourth-order valence-corrected chi connectivity index (χ4v) is 2.57. The first-order valence-electron chi connectivity index (χ1n) is 6.47. The van der Waals surface area contributed by atoms with E-state index in [-0.39, 0.29) is 23.9 Å². The zero-order valence-corrected chi connectivity index (χ0v) is 10.9. The fraction of sp³-hybridized carbons (Fsp3) is 0.571. The summed E-state index contributed by atoms with van der Waals surface area (Å²) in [6.45, 7) is 5.19. The number of rotatable bonds is 2. The van der Waals surface area contributed by atoms with Crippen LogP contribution >= 0.6 is 0 Å². The van der Waals surface area contributed by atoms with E-state index in [0.717, 1.165) is 5.56 Å². The second kappa shape index (κ2) is 5.24. The molecule has 1 aliphatic rings. The van der Waals surface area contributed by atoms with Crippen molar-refractivity contribution in [2.24, 2.45) is 11.7 Å². The highest BCUT2D eigenvalue weighted by molar-refractivity contribution is 5.56. The van der Waals surface area contributed by atoms with E-state index in [2.05, 4.69) is 0 Å². The summed E-state index contributed by atoms with van der Waals surface area (Å²) < 4.78 is 14.1. The Morgan fingerprint density at radius 2 is 2.22 bits per heavy atom. The average molecular weight is 252 g/mol. The SMILES string of the molecule is CC(N)c1cccc(F)c1N1CCC(O)C(C)C1. The van der Waals surface area contributed by atoms with Gasteiger partial charge in [0.15, 0.2) is 0 Å². The smallest absolute Gasteiger partial charge is 0.146 e. The van der Waals surface area contributed by atoms with Crippen LogP contribution in [0.4, 0.5) is 10.1 Å². The summed E-state index contributed by atoms with van der Waals surface area (Å²) in [5.74, 6) is -0.0762. The van der Waals surface area contributed by atoms with E-state index in [0.29, 0.717) is 25.2 Å². The highest BCUT2D eigenvalue weighted by atomic mass is 19.1. The number of benzene rings is 1. The molecule has 100 valence electrons. The maximum atomic E-state index is 14.1. The Labute approximate surface area is 107 Å². The van der Waals surface area contributed by atoms with Gasteiger partial charge in [0.05, 0.1) is 11.8 Å². The minimum absolute atomic E-state index is 0.152. The molecule has 3 N–H and O–H groups in total. The molecule has 2 rings (SSSR count). The number of aliphatic hydroxyl groups excluding tert-OH is 1. The summed E-state index contributed by atoms with van der Waals surface area (Å²) in [6, 6.07) is 4.84. The molecule has 0 spiro atoms. The van der Waals surface area contributed by atoms with E-state index >= 15 is 0 Å². The lowest BCUT2D eigenvalue weighted by molar-refractivity contribution is 0.0968. The Morgan fingerprint density at radius 1 is 1.50 bits per heavy atom. The molecule has 0 radical (unpaired) electrons. The van der Waals surface area contributed by atoms with Crippen LogP contribution in [0.1, 0.15) is 31.9 Å². The highest BCUT2D eigenvalue weighted by Crippen LogP contribution is 2.31. The van der Waals surface area contributed by atoms with Gasteiger partial charge >= 0.3 is 0 Å². The van der Waals surface area contributed by atoms with Crippen LogP contribution in [0, 0.1) is 11.7 Å². The molecule has 1 aromatic rings. The fourth-order valence-electron chi connectivity index (χ4n) is 2.57. The van der Waals surface area contributed by atoms with Crippen molar-refractivity contribution in [1.82, 2.24) is 0 Å². The van der Waals surface area contributed by atoms with Gasteiger partial charge in [-0.1, -0.05) is 19.1 Å². The standard InChI is InChI=1S/C14H21FN2O/c1-9-8-17(7-6-13(9)18)14-11(10(2)16)4-3-5-12(14)15/h3-5,9-10,13,18H,6-8,16H2,1-2H3. The maximum absolute atomic E-state index is 14.1. The van der Waals surface area contributed by atoms with Crippen LogP contribution in [-0.2, 0) is 0 Å². The molecule has 0 saturated carbocycles. The second-order valence-electron chi connectivity index (χ2n) is 5.25. The average Bonchev–Trinajstić information content (AvgIpc) is 2.32. The third-order valence-electron chi connectivity index (χ3n) is 3.68. The quantitative estimate of drug-likeness (QED) is 0.847. The number of halogens is 1. The van der Waals surface area contributed by atoms with E-state index in [1.54, 1.807) is 6.07 Å². The summed E-state index contributed by atoms with van der Waals surface area (Å²) in [6.07, 6.45) is 0.389. The van der Waals surface area contributed by atoms with Crippen molar-refractivity contribution < 1.29 is 9.50 Å². The molecule has 1 aliphatic heterocycles. The van der Waals surface area contributed by atoms with E-state index in [9.17, 15) is 9.50 Å². The van der Waals surface area contributed by atoms with Gasteiger partial charge in [0.2, 0.25) is 0 Å². The van der Waals surface area contributed by atoms with E-state index in [1.807, 2.05) is 24.8 Å². The van der Waals surface area contributed by atoms with Crippen LogP contribution in [0.3, 0.4) is 0 Å². The lowest BCUT2D eigenvalue weighted by Gasteiger charge is -2.37. The molecule has 1 aromatic carbocycles. The molecule has 3 nitrogen and oxygen atoms in total. The van der Waals surface area contributed by atoms with Gasteiger partial charge in [-0.3, -0.25) is 0 Å². The number of hydrogen-bond donors (Lipinski definition) is 2. The number of nitrogens with zero attached hydrogens (tertiary/aromatic N) is 1. The van der Waals surface area contributed by atoms with E-state index < -0.39 is 0 Å². The summed E-state index contributed by atoms with van der Waals surface area (Å²) in [5, 5.41) is 9.75. The number of nitrogens with two attached hydrogens (primary N) is 1. The zero-order valence-electron chi connectivity index (χ0n) is 10.9. The van der Waals surface area contributed by atoms with Gasteiger partial charge in [-0.05, 0) is 30.9 Å². The Bertz CT molecular complexity index is 422. The van der Waals surface area contributed by atoms with E-state index in [1.165, 1.54) is 6.07 Å². The van der Waals surface area contributed by atoms with Crippen LogP contribution in [0.15, 0.2) is 18.2 Å². The van der Waals surface area contributed by atoms with Crippen molar-refractivity contribution in [1.29, 1.82) is 0 Å². The lowest BCUT2D eigenvalue weighted by atomic mass is 9.95. The number of hydrogen-bond acceptors (Lipinski definition) is 3. The first-order valence-corrected chi connectivity index (χ1v) is 6.47. The van der Waals surface area contributed by atoms with Crippen LogP contribution in [0.5, 0.6) is 0 Å². The molecule has 1 heterocycles. The Balaban J connectivity index is 2.33. The predicted octanol–water partition coefficient (Wildman–Crippen LogP) is 2.05. The Hall–Kier alpha value is -1.13. The number of piperidine rings is 1. The van der Waals surface area contributed by atoms with Gasteiger partial charge in [0.1, 0.15) is 5.82 Å². The van der Waals surface area contributed by atoms with Crippen molar-refractivity contribution in [3.63, 3.8) is 0 Å². The number of aliphatic hydroxyl groups is 1. The van der Waals surface area contributed by atoms with Gasteiger partial charge in [0, 0.05) is 19.1 Å². The largest absolute Gasteiger partial charge is 0.393 e. The first-order chi connectivity index (χ1) is 8.50. The molecule has 0 aliphatic carbocycles. The third kappa shape index (κ3) is 2.49. The molecular formula is C14H21FN2O. The molecule has 3 atom stereocenters. The molecule has 0 bridgehead atoms. The van der Waals surface area contributed by atoms with Crippen molar-refractivity contribution in [2.45, 2.75) is 32.4 Å². The monoisotopic (exact) mass is 252 g/mol. The molecule has 1 saturated heterocycles. The molecule has 18 heavy (non-hydrogen) atoms. The van der Waals surface area contributed by atoms with Crippen LogP contribution in [0.25, 0.3) is 0 Å². The highest BCUT2D eigenvalue weighted by Gasteiger charge is 2.27. The van der Waals surface area contributed by atoms with Crippen molar-refractivity contribution in [2.75, 3.05) is 18.0 Å². The minimum Gasteiger partial charge on any atom is -0.393 e. The molecule has 4 heteroatoms. The maximum Gasteiger partial charge on any atom is 0.146 e. The van der Waals surface area contributed by atoms with Crippen LogP contribution < -0.4 is 10.6 Å². The lowest BCUT2D eigenvalue weighted by Crippen LogP contribution is -2.43. The number of para-hydroxylation sites is 1. The summed E-state index contributed by atoms with van der Waals surface area (Å²) in [7, 11) is 0. The normalized spacial score (nSPS) is 26.2. The minimum atomic E-state index is -0.285. The van der Waals surface area contributed by atoms with Crippen LogP contribution in [0.2, 0.25) is 0 Å². The van der Waals surface area contributed by atoms with Gasteiger partial charge in [-0.15, -0.1) is 0 Å². The third-order valence-corrected chi connectivity index (χ3v) is 3.68. The number of anilines is 1. The molecule has 0 amide bonds. The molecular weight excluding hydrogens is 231 g/mol. The van der Waals surface area contributed by atoms with Crippen molar-refractivity contribution in [3.8, 4) is 0 Å². The molecule has 1 fully saturated rings. The van der Waals surface area contributed by atoms with Crippen molar-refractivity contribution >= 4 is 5.69 Å². The predicted molar refractivity (Wildman–Crippen MR) is 71.0 cm³/mol. The van der Waals surface area contributed by atoms with Gasteiger partial charge in [-0.25, -0.2) is 4.39 Å².